The van der Waals surface area contributed by atoms with Gasteiger partial charge in [-0.15, -0.1) is 0 Å². The van der Waals surface area contributed by atoms with Crippen LogP contribution < -0.4 is 31.9 Å². The molecule has 6 amide bonds. The average molecular weight is 1730 g/mol. The van der Waals surface area contributed by atoms with Gasteiger partial charge < -0.3 is 140 Å². The topological polar surface area (TPSA) is 416 Å². The smallest absolute Gasteiger partial charge is 0.445 e. The minimum Gasteiger partial charge on any atom is -0.445 e. The zero-order valence-electron chi connectivity index (χ0n) is 65.8. The van der Waals surface area contributed by atoms with Crippen molar-refractivity contribution >= 4 is 89.4 Å². The number of ether oxygens (including phenoxy) is 6. The quantitative estimate of drug-likeness (QED) is 0.0253. The molecule has 114 heavy (non-hydrogen) atoms. The first-order chi connectivity index (χ1) is 55.6. The summed E-state index contributed by atoms with van der Waals surface area (Å²) in [4.78, 5) is 101. The SMILES string of the molecule is O=C(NCCC[Si]12OCCN(CCO1)CCO2)OCC(OC(=O)NCCC[Si]12OCCN(CCO1)CCO2)C(OC(=O)NCCC[Si]12OCCN(CCO1)CCO2)C(OC(=O)NCCC[Si]12OCCN(CCO1)CCO2)C(COC(=O)NCCC[Si]12OCCN(CCO1)CCO2)OC(=O)NCCC[Si]12OCCN(CCO1)CCO2. The molecule has 18 heterocycles. The molecule has 48 heteroatoms. The second-order valence-corrected chi connectivity index (χ2v) is 45.8. The van der Waals surface area contributed by atoms with Crippen molar-refractivity contribution < 1.29 is 137 Å². The first-order valence-corrected chi connectivity index (χ1v) is 52.7. The summed E-state index contributed by atoms with van der Waals surface area (Å²) in [5, 5.41) is 16.6. The standard InChI is InChI=1S/C66H122N12O30Si6/c79-61(67-7-1-49-109-87-31-13-73(14-32-88-109)15-33-89-109)85-55-57(105-63(81)69-9-3-51-111-93-37-19-75(20-38-94-111)21-39-95-111)59(107-65(83)71-11-5-53-113-99-43-25-77(26-44-100-113)27-45-101-113)60(108-66(84)72-12-6-54-114-102-46-28-78(29-47-103-114)30-48-104-114)58(106-64(82)70-10-4-52-112-96-40-22-76(23-41-97-112)24-42-98-112)56-86-62(80)68-8-2-50-110-90-34-16-74(17-35-91-110)18-36-92-110/h57-60H,1-56H2,(H,67,79)(H,68,80)(H,69,81)(H,70,82)(H,71,83)(H,72,84). The molecule has 0 aromatic rings. The Hall–Kier alpha value is -4.04. The van der Waals surface area contributed by atoms with Gasteiger partial charge in [-0.2, -0.15) is 0 Å². The highest BCUT2D eigenvalue weighted by Gasteiger charge is 2.51. The summed E-state index contributed by atoms with van der Waals surface area (Å²) in [6.45, 7) is 18.2. The zero-order valence-corrected chi connectivity index (χ0v) is 71.8. The van der Waals surface area contributed by atoms with Crippen molar-refractivity contribution in [2.75, 3.05) is 289 Å². The molecule has 0 aromatic carbocycles. The monoisotopic (exact) mass is 1730 g/mol. The fourth-order valence-corrected chi connectivity index (χ4v) is 30.2. The Morgan fingerprint density at radius 3 is 0.544 bits per heavy atom. The van der Waals surface area contributed by atoms with Gasteiger partial charge in [0.2, 0.25) is 0 Å². The van der Waals surface area contributed by atoms with Crippen molar-refractivity contribution in [1.82, 2.24) is 61.3 Å². The molecular formula is C66H122N12O30Si6. The third-order valence-corrected chi connectivity index (χ3v) is 38.9. The van der Waals surface area contributed by atoms with Crippen molar-refractivity contribution in [2.45, 2.75) is 99.2 Å². The van der Waals surface area contributed by atoms with Gasteiger partial charge in [0.1, 0.15) is 13.2 Å². The van der Waals surface area contributed by atoms with E-state index in [-0.39, 0.29) is 52.1 Å². The van der Waals surface area contributed by atoms with Gasteiger partial charge in [0.25, 0.3) is 0 Å². The van der Waals surface area contributed by atoms with Crippen LogP contribution in [0.5, 0.6) is 0 Å². The normalized spacial score (nSPS) is 33.1. The third-order valence-electron chi connectivity index (χ3n) is 21.5. The second-order valence-electron chi connectivity index (χ2n) is 29.4. The predicted molar refractivity (Wildman–Crippen MR) is 409 cm³/mol. The van der Waals surface area contributed by atoms with Crippen LogP contribution in [-0.4, -0.2) is 432 Å². The van der Waals surface area contributed by atoms with E-state index < -0.39 is 127 Å². The van der Waals surface area contributed by atoms with E-state index >= 15 is 9.59 Å². The van der Waals surface area contributed by atoms with Gasteiger partial charge in [0, 0.05) is 193 Å². The lowest BCUT2D eigenvalue weighted by Crippen LogP contribution is -2.57. The molecule has 650 valence electrons. The minimum absolute atomic E-state index is 0.0290. The molecule has 18 fully saturated rings. The Balaban J connectivity index is 0.827. The van der Waals surface area contributed by atoms with Gasteiger partial charge in [0.15, 0.2) is 24.4 Å². The molecule has 42 nitrogen and oxygen atoms in total. The van der Waals surface area contributed by atoms with Crippen LogP contribution in [0.15, 0.2) is 0 Å². The maximum absolute atomic E-state index is 15.0. The number of carbonyl (C=O) groups is 6. The van der Waals surface area contributed by atoms with Gasteiger partial charge >= 0.3 is 89.4 Å². The molecule has 4 unspecified atom stereocenters. The van der Waals surface area contributed by atoms with Crippen LogP contribution in [0.2, 0.25) is 36.3 Å². The number of fused-ring (bicyclic) bond motifs is 36. The van der Waals surface area contributed by atoms with E-state index in [9.17, 15) is 19.2 Å². The van der Waals surface area contributed by atoms with Crippen molar-refractivity contribution in [3.05, 3.63) is 0 Å². The zero-order chi connectivity index (χ0) is 79.0. The van der Waals surface area contributed by atoms with Gasteiger partial charge in [-0.1, -0.05) is 0 Å². The van der Waals surface area contributed by atoms with E-state index in [1.165, 1.54) is 0 Å². The van der Waals surface area contributed by atoms with E-state index in [1.807, 2.05) is 0 Å². The minimum atomic E-state index is -3.23. The molecular weight excluding hydrogens is 1610 g/mol. The summed E-state index contributed by atoms with van der Waals surface area (Å²) in [5.41, 5.74) is 0. The van der Waals surface area contributed by atoms with Gasteiger partial charge in [-0.3, -0.25) is 29.4 Å². The summed E-state index contributed by atoms with van der Waals surface area (Å²) in [6, 6.07) is 2.02. The highest BCUT2D eigenvalue weighted by Crippen LogP contribution is 2.30. The Bertz CT molecular complexity index is 2630. The molecule has 0 radical (unpaired) electrons. The van der Waals surface area contributed by atoms with Crippen LogP contribution in [0.4, 0.5) is 28.8 Å². The van der Waals surface area contributed by atoms with Crippen LogP contribution in [0, 0.1) is 0 Å². The molecule has 18 aliphatic rings. The molecule has 18 rings (SSSR count). The molecule has 0 saturated carbocycles. The van der Waals surface area contributed by atoms with Crippen LogP contribution in [-0.2, 0) is 108 Å². The second kappa shape index (κ2) is 46.1. The predicted octanol–water partition coefficient (Wildman–Crippen LogP) is -0.934. The van der Waals surface area contributed by atoms with E-state index in [4.69, 9.17) is 108 Å². The lowest BCUT2D eigenvalue weighted by molar-refractivity contribution is -0.130. The Morgan fingerprint density at radius 2 is 0.377 bits per heavy atom. The van der Waals surface area contributed by atoms with Crippen LogP contribution >= 0.6 is 0 Å². The number of hydrogen-bond donors (Lipinski definition) is 6. The van der Waals surface area contributed by atoms with E-state index in [2.05, 4.69) is 61.3 Å². The molecule has 12 bridgehead atoms. The summed E-state index contributed by atoms with van der Waals surface area (Å²) in [6.07, 6.45) is -12.9. The summed E-state index contributed by atoms with van der Waals surface area (Å²) < 4.78 is 150. The van der Waals surface area contributed by atoms with Crippen molar-refractivity contribution in [3.8, 4) is 0 Å². The Kier molecular flexibility index (Phi) is 36.1. The lowest BCUT2D eigenvalue weighted by atomic mass is 10.0. The fourth-order valence-electron chi connectivity index (χ4n) is 15.2. The Labute approximate surface area is 672 Å². The first kappa shape index (κ1) is 89.2. The largest absolute Gasteiger partial charge is 0.501 e. The lowest BCUT2D eigenvalue weighted by Gasteiger charge is -2.38. The van der Waals surface area contributed by atoms with Crippen LogP contribution in [0.1, 0.15) is 38.5 Å². The highest BCUT2D eigenvalue weighted by molar-refractivity contribution is 6.62. The number of alkyl carbamates (subject to hydrolysis) is 6. The number of nitrogens with zero attached hydrogens (tertiary/aromatic N) is 6. The molecule has 18 saturated heterocycles. The number of carbonyl (C=O) groups excluding carboxylic acids is 6. The molecule has 0 spiro atoms. The fraction of sp³-hybridized carbons (Fsp3) is 0.909. The summed E-state index contributed by atoms with van der Waals surface area (Å²) in [7, 11) is -19.1. The molecule has 0 aliphatic carbocycles. The molecule has 18 aliphatic heterocycles. The maximum atomic E-state index is 15.0. The maximum Gasteiger partial charge on any atom is 0.501 e. The van der Waals surface area contributed by atoms with Crippen molar-refractivity contribution in [3.63, 3.8) is 0 Å². The summed E-state index contributed by atoms with van der Waals surface area (Å²) >= 11 is 0. The van der Waals surface area contributed by atoms with E-state index in [0.29, 0.717) is 259 Å². The van der Waals surface area contributed by atoms with Gasteiger partial charge in [-0.25, -0.2) is 28.8 Å². The van der Waals surface area contributed by atoms with Crippen LogP contribution in [0.3, 0.4) is 0 Å². The van der Waals surface area contributed by atoms with Gasteiger partial charge in [0.05, 0.1) is 119 Å². The van der Waals surface area contributed by atoms with E-state index in [1.54, 1.807) is 0 Å². The molecule has 0 aromatic heterocycles. The van der Waals surface area contributed by atoms with E-state index in [0.717, 1.165) is 39.3 Å². The van der Waals surface area contributed by atoms with Crippen molar-refractivity contribution in [1.29, 1.82) is 0 Å². The Morgan fingerprint density at radius 1 is 0.228 bits per heavy atom. The van der Waals surface area contributed by atoms with Crippen molar-refractivity contribution in [2.24, 2.45) is 0 Å². The van der Waals surface area contributed by atoms with Crippen LogP contribution in [0.25, 0.3) is 0 Å². The summed E-state index contributed by atoms with van der Waals surface area (Å²) in [5.74, 6) is 0. The highest BCUT2D eigenvalue weighted by atomic mass is 28.4. The number of amides is 6. The van der Waals surface area contributed by atoms with Gasteiger partial charge in [-0.05, 0) is 38.5 Å². The molecule has 4 atom stereocenters. The first-order valence-electron chi connectivity index (χ1n) is 41.1. The number of rotatable bonds is 35. The third kappa shape index (κ3) is 28.6. The average Bonchev–Trinajstić information content (AvgIpc) is 0.844. The molecule has 6 N–H and O–H groups in total. The number of nitrogens with one attached hydrogen (secondary N) is 6. The number of hydrogen-bond acceptors (Lipinski definition) is 36.